The third kappa shape index (κ3) is 3.26. The van der Waals surface area contributed by atoms with E-state index in [1.54, 1.807) is 0 Å². The third-order valence-electron chi connectivity index (χ3n) is 7.02. The largest absolute Gasteiger partial charge is 0.306 e. The van der Waals surface area contributed by atoms with Gasteiger partial charge in [0.15, 0.2) is 0 Å². The fraction of sp³-hybridized carbons (Fsp3) is 0.462. The van der Waals surface area contributed by atoms with E-state index in [-0.39, 0.29) is 10.8 Å². The molecule has 1 aliphatic carbocycles. The van der Waals surface area contributed by atoms with Crippen molar-refractivity contribution in [2.24, 2.45) is 5.41 Å². The molecule has 0 bridgehead atoms. The minimum Gasteiger partial charge on any atom is -0.306 e. The maximum Gasteiger partial charge on any atom is 0.0890 e. The molecule has 0 amide bonds. The number of aryl methyl sites for hydroxylation is 1. The molecular weight excluding hydrogens is 354 g/mol. The standard InChI is InChI=1S/C24H27N3.C2H6/c1-17-7-6-8-18(13-17)24-11-12-27(3)16-23(24,2)14-21-22(15-24)26-20-10-5-4-9-19(20)25-21;1-2/h4-10,13H,11-12,14-16H2,1-3H3;1-2H3/t23-,24+;/m1./s1. The molecule has 2 aromatic carbocycles. The summed E-state index contributed by atoms with van der Waals surface area (Å²) >= 11 is 0. The summed E-state index contributed by atoms with van der Waals surface area (Å²) < 4.78 is 0. The average Bonchev–Trinajstić information content (AvgIpc) is 2.72. The summed E-state index contributed by atoms with van der Waals surface area (Å²) in [7, 11) is 2.26. The molecule has 2 atom stereocenters. The van der Waals surface area contributed by atoms with Crippen LogP contribution in [0.4, 0.5) is 0 Å². The highest BCUT2D eigenvalue weighted by Crippen LogP contribution is 2.54. The van der Waals surface area contributed by atoms with Crippen molar-refractivity contribution in [3.05, 3.63) is 71.0 Å². The molecule has 0 radical (unpaired) electrons. The number of rotatable bonds is 1. The summed E-state index contributed by atoms with van der Waals surface area (Å²) in [4.78, 5) is 12.6. The van der Waals surface area contributed by atoms with Crippen molar-refractivity contribution in [2.45, 2.75) is 52.4 Å². The Bertz CT molecular complexity index is 1030. The number of para-hydroxylation sites is 2. The molecule has 0 saturated carbocycles. The van der Waals surface area contributed by atoms with Crippen LogP contribution in [0, 0.1) is 12.3 Å². The topological polar surface area (TPSA) is 29.0 Å². The maximum atomic E-state index is 5.07. The van der Waals surface area contributed by atoms with E-state index < -0.39 is 0 Å². The molecule has 1 aliphatic heterocycles. The Kier molecular flexibility index (Phi) is 5.20. The van der Waals surface area contributed by atoms with Gasteiger partial charge in [0.1, 0.15) is 0 Å². The van der Waals surface area contributed by atoms with Crippen LogP contribution in [0.25, 0.3) is 11.0 Å². The highest BCUT2D eigenvalue weighted by molar-refractivity contribution is 5.74. The number of hydrogen-bond acceptors (Lipinski definition) is 3. The first-order valence-electron chi connectivity index (χ1n) is 11.0. The minimum atomic E-state index is 0.135. The van der Waals surface area contributed by atoms with Crippen LogP contribution < -0.4 is 0 Å². The number of likely N-dealkylation sites (tertiary alicyclic amines) is 1. The van der Waals surface area contributed by atoms with Gasteiger partial charge in [0, 0.05) is 18.4 Å². The molecule has 2 aliphatic rings. The molecule has 29 heavy (non-hydrogen) atoms. The molecule has 3 nitrogen and oxygen atoms in total. The van der Waals surface area contributed by atoms with Crippen molar-refractivity contribution in [1.82, 2.24) is 14.9 Å². The Hall–Kier alpha value is -2.26. The van der Waals surface area contributed by atoms with Crippen molar-refractivity contribution >= 4 is 11.0 Å². The highest BCUT2D eigenvalue weighted by atomic mass is 15.1. The predicted molar refractivity (Wildman–Crippen MR) is 121 cm³/mol. The van der Waals surface area contributed by atoms with Gasteiger partial charge in [0.05, 0.1) is 22.4 Å². The summed E-state index contributed by atoms with van der Waals surface area (Å²) in [6.07, 6.45) is 3.17. The summed E-state index contributed by atoms with van der Waals surface area (Å²) in [5.74, 6) is 0. The van der Waals surface area contributed by atoms with E-state index >= 15 is 0 Å². The summed E-state index contributed by atoms with van der Waals surface area (Å²) in [5.41, 5.74) is 7.58. The van der Waals surface area contributed by atoms with Gasteiger partial charge in [-0.15, -0.1) is 0 Å². The van der Waals surface area contributed by atoms with Crippen molar-refractivity contribution in [3.63, 3.8) is 0 Å². The molecule has 5 rings (SSSR count). The lowest BCUT2D eigenvalue weighted by molar-refractivity contribution is 0.0137. The highest BCUT2D eigenvalue weighted by Gasteiger charge is 2.55. The quantitative estimate of drug-likeness (QED) is 0.564. The lowest BCUT2D eigenvalue weighted by atomic mass is 9.51. The van der Waals surface area contributed by atoms with E-state index in [9.17, 15) is 0 Å². The van der Waals surface area contributed by atoms with Gasteiger partial charge in [-0.25, -0.2) is 9.97 Å². The minimum absolute atomic E-state index is 0.135. The number of fused-ring (bicyclic) bond motifs is 3. The van der Waals surface area contributed by atoms with E-state index in [4.69, 9.17) is 9.97 Å². The zero-order valence-electron chi connectivity index (χ0n) is 18.5. The van der Waals surface area contributed by atoms with Crippen LogP contribution in [-0.2, 0) is 18.3 Å². The Balaban J connectivity index is 0.000000994. The monoisotopic (exact) mass is 387 g/mol. The van der Waals surface area contributed by atoms with Crippen LogP contribution in [0.2, 0.25) is 0 Å². The Labute approximate surface area is 175 Å². The second kappa shape index (κ2) is 7.53. The van der Waals surface area contributed by atoms with E-state index in [1.165, 1.54) is 28.9 Å². The van der Waals surface area contributed by atoms with Gasteiger partial charge < -0.3 is 4.90 Å². The molecule has 1 saturated heterocycles. The molecule has 3 aromatic rings. The van der Waals surface area contributed by atoms with Crippen molar-refractivity contribution < 1.29 is 0 Å². The van der Waals surface area contributed by atoms with Gasteiger partial charge in [-0.2, -0.15) is 0 Å². The van der Waals surface area contributed by atoms with Gasteiger partial charge in [-0.3, -0.25) is 0 Å². The van der Waals surface area contributed by atoms with E-state index in [0.717, 1.165) is 37.0 Å². The van der Waals surface area contributed by atoms with Gasteiger partial charge >= 0.3 is 0 Å². The second-order valence-electron chi connectivity index (χ2n) is 8.96. The Morgan fingerprint density at radius 3 is 2.21 bits per heavy atom. The van der Waals surface area contributed by atoms with Crippen LogP contribution in [0.5, 0.6) is 0 Å². The Morgan fingerprint density at radius 2 is 1.55 bits per heavy atom. The van der Waals surface area contributed by atoms with Gasteiger partial charge in [-0.1, -0.05) is 62.7 Å². The normalized spacial score (nSPS) is 26.2. The lowest BCUT2D eigenvalue weighted by Crippen LogP contribution is -2.60. The zero-order valence-corrected chi connectivity index (χ0v) is 18.5. The predicted octanol–water partition coefficient (Wildman–Crippen LogP) is 5.34. The summed E-state index contributed by atoms with van der Waals surface area (Å²) in [5, 5.41) is 0. The lowest BCUT2D eigenvalue weighted by Gasteiger charge is -2.57. The first kappa shape index (κ1) is 20.0. The molecule has 3 heteroatoms. The zero-order chi connectivity index (χ0) is 20.6. The number of hydrogen-bond donors (Lipinski definition) is 0. The van der Waals surface area contributed by atoms with E-state index in [2.05, 4.69) is 74.3 Å². The molecule has 0 N–H and O–H groups in total. The SMILES string of the molecule is CC.Cc1cccc([C@@]23CCN(C)C[C@@]2(C)Cc2nc4ccccc4nc2C3)c1. The van der Waals surface area contributed by atoms with E-state index in [1.807, 2.05) is 13.8 Å². The molecule has 1 aromatic heterocycles. The van der Waals surface area contributed by atoms with Crippen LogP contribution in [0.1, 0.15) is 49.7 Å². The maximum absolute atomic E-state index is 5.07. The number of benzene rings is 2. The smallest absolute Gasteiger partial charge is 0.0890 e. The number of nitrogens with zero attached hydrogens (tertiary/aromatic N) is 3. The van der Waals surface area contributed by atoms with Crippen LogP contribution >= 0.6 is 0 Å². The van der Waals surface area contributed by atoms with Crippen molar-refractivity contribution in [3.8, 4) is 0 Å². The van der Waals surface area contributed by atoms with Gasteiger partial charge in [-0.05, 0) is 56.5 Å². The van der Waals surface area contributed by atoms with Crippen molar-refractivity contribution in [1.29, 1.82) is 0 Å². The first-order chi connectivity index (χ1) is 14.0. The van der Waals surface area contributed by atoms with Crippen LogP contribution in [0.3, 0.4) is 0 Å². The fourth-order valence-electron chi connectivity index (χ4n) is 5.59. The van der Waals surface area contributed by atoms with Crippen LogP contribution in [0.15, 0.2) is 48.5 Å². The Morgan fingerprint density at radius 1 is 0.897 bits per heavy atom. The molecule has 1 fully saturated rings. The number of aromatic nitrogens is 2. The average molecular weight is 388 g/mol. The van der Waals surface area contributed by atoms with E-state index in [0.29, 0.717) is 0 Å². The molecular formula is C26H33N3. The third-order valence-corrected chi connectivity index (χ3v) is 7.02. The number of piperidine rings is 1. The van der Waals surface area contributed by atoms with Gasteiger partial charge in [0.2, 0.25) is 0 Å². The molecule has 152 valence electrons. The molecule has 0 spiro atoms. The summed E-state index contributed by atoms with van der Waals surface area (Å²) in [6, 6.07) is 17.5. The van der Waals surface area contributed by atoms with Gasteiger partial charge in [0.25, 0.3) is 0 Å². The van der Waals surface area contributed by atoms with Crippen molar-refractivity contribution in [2.75, 3.05) is 20.1 Å². The molecule has 2 heterocycles. The first-order valence-corrected chi connectivity index (χ1v) is 11.0. The second-order valence-corrected chi connectivity index (χ2v) is 8.96. The summed E-state index contributed by atoms with van der Waals surface area (Å²) in [6.45, 7) is 10.9. The molecule has 0 unspecified atom stereocenters. The fourth-order valence-corrected chi connectivity index (χ4v) is 5.59. The van der Waals surface area contributed by atoms with Crippen LogP contribution in [-0.4, -0.2) is 35.0 Å².